The summed E-state index contributed by atoms with van der Waals surface area (Å²) < 4.78 is 0. The molecule has 76 valence electrons. The lowest BCUT2D eigenvalue weighted by molar-refractivity contribution is 0.634. The minimum absolute atomic E-state index is 0.455. The van der Waals surface area contributed by atoms with Crippen LogP contribution in [0.4, 0.5) is 0 Å². The second kappa shape index (κ2) is 3.63. The van der Waals surface area contributed by atoms with Crippen LogP contribution in [0.1, 0.15) is 24.6 Å². The number of hydrogen-bond acceptors (Lipinski definition) is 2. The van der Waals surface area contributed by atoms with Gasteiger partial charge in [0.05, 0.1) is 11.7 Å². The van der Waals surface area contributed by atoms with Gasteiger partial charge in [-0.05, 0) is 30.8 Å². The van der Waals surface area contributed by atoms with Crippen molar-refractivity contribution >= 4 is 10.8 Å². The monoisotopic (exact) mass is 198 g/mol. The summed E-state index contributed by atoms with van der Waals surface area (Å²) in [6.07, 6.45) is 4.38. The van der Waals surface area contributed by atoms with Gasteiger partial charge in [-0.15, -0.1) is 0 Å². The van der Waals surface area contributed by atoms with Crippen molar-refractivity contribution in [2.45, 2.75) is 18.9 Å². The summed E-state index contributed by atoms with van der Waals surface area (Å²) in [5.74, 6) is 0. The molecule has 15 heavy (non-hydrogen) atoms. The quantitative estimate of drug-likeness (QED) is 0.762. The molecule has 2 heterocycles. The van der Waals surface area contributed by atoms with Crippen molar-refractivity contribution in [3.8, 4) is 0 Å². The van der Waals surface area contributed by atoms with Gasteiger partial charge in [0.1, 0.15) is 0 Å². The average molecular weight is 198 g/mol. The lowest BCUT2D eigenvalue weighted by Crippen LogP contribution is -2.14. The molecule has 1 aliphatic heterocycles. The first-order chi connectivity index (χ1) is 7.45. The van der Waals surface area contributed by atoms with E-state index in [1.165, 1.54) is 29.3 Å². The maximum Gasteiger partial charge on any atom is 0.0651 e. The molecule has 0 radical (unpaired) electrons. The summed E-state index contributed by atoms with van der Waals surface area (Å²) in [6, 6.07) is 11.0. The Morgan fingerprint density at radius 3 is 3.00 bits per heavy atom. The van der Waals surface area contributed by atoms with Crippen LogP contribution in [-0.2, 0) is 0 Å². The molecular weight excluding hydrogens is 184 g/mol. The maximum absolute atomic E-state index is 4.53. The second-order valence-electron chi connectivity index (χ2n) is 4.07. The maximum atomic E-state index is 4.53. The fraction of sp³-hybridized carbons (Fsp3) is 0.308. The molecule has 1 aliphatic rings. The largest absolute Gasteiger partial charge is 0.309 e. The fourth-order valence-corrected chi connectivity index (χ4v) is 2.34. The molecule has 1 fully saturated rings. The van der Waals surface area contributed by atoms with Gasteiger partial charge in [0, 0.05) is 11.6 Å². The van der Waals surface area contributed by atoms with Crippen LogP contribution in [0, 0.1) is 0 Å². The molecule has 2 heteroatoms. The highest BCUT2D eigenvalue weighted by Gasteiger charge is 2.18. The van der Waals surface area contributed by atoms with Gasteiger partial charge < -0.3 is 5.32 Å². The van der Waals surface area contributed by atoms with Crippen molar-refractivity contribution in [3.63, 3.8) is 0 Å². The Morgan fingerprint density at radius 2 is 2.13 bits per heavy atom. The zero-order valence-electron chi connectivity index (χ0n) is 8.61. The lowest BCUT2D eigenvalue weighted by Gasteiger charge is -2.12. The number of hydrogen-bond donors (Lipinski definition) is 1. The average Bonchev–Trinajstić information content (AvgIpc) is 2.82. The highest BCUT2D eigenvalue weighted by atomic mass is 15.0. The number of nitrogens with one attached hydrogen (secondary N) is 1. The summed E-state index contributed by atoms with van der Waals surface area (Å²) in [5.41, 5.74) is 1.21. The molecule has 1 atom stereocenters. The number of fused-ring (bicyclic) bond motifs is 1. The summed E-state index contributed by atoms with van der Waals surface area (Å²) in [7, 11) is 0. The van der Waals surface area contributed by atoms with E-state index in [2.05, 4.69) is 40.6 Å². The third-order valence-electron chi connectivity index (χ3n) is 3.09. The van der Waals surface area contributed by atoms with E-state index in [-0.39, 0.29) is 0 Å². The highest BCUT2D eigenvalue weighted by molar-refractivity contribution is 5.84. The Morgan fingerprint density at radius 1 is 1.20 bits per heavy atom. The van der Waals surface area contributed by atoms with Crippen LogP contribution >= 0.6 is 0 Å². The van der Waals surface area contributed by atoms with Crippen molar-refractivity contribution in [1.82, 2.24) is 10.3 Å². The van der Waals surface area contributed by atoms with E-state index in [4.69, 9.17) is 0 Å². The van der Waals surface area contributed by atoms with Crippen LogP contribution in [0.15, 0.2) is 36.5 Å². The number of rotatable bonds is 1. The van der Waals surface area contributed by atoms with Crippen LogP contribution in [0.5, 0.6) is 0 Å². The normalized spacial score (nSPS) is 20.9. The molecule has 0 spiro atoms. The van der Waals surface area contributed by atoms with Crippen molar-refractivity contribution in [3.05, 3.63) is 42.2 Å². The topological polar surface area (TPSA) is 24.9 Å². The van der Waals surface area contributed by atoms with Crippen LogP contribution < -0.4 is 5.32 Å². The molecular formula is C13H14N2. The predicted molar refractivity (Wildman–Crippen MR) is 61.7 cm³/mol. The fourth-order valence-electron chi connectivity index (χ4n) is 2.34. The minimum Gasteiger partial charge on any atom is -0.309 e. The van der Waals surface area contributed by atoms with Gasteiger partial charge in [0.25, 0.3) is 0 Å². The minimum atomic E-state index is 0.455. The summed E-state index contributed by atoms with van der Waals surface area (Å²) in [4.78, 5) is 4.53. The molecule has 0 amide bonds. The predicted octanol–water partition coefficient (Wildman–Crippen LogP) is 2.66. The Hall–Kier alpha value is -1.41. The summed E-state index contributed by atoms with van der Waals surface area (Å²) in [5, 5.41) is 6.08. The molecule has 1 N–H and O–H groups in total. The van der Waals surface area contributed by atoms with Gasteiger partial charge in [-0.1, -0.05) is 24.3 Å². The third kappa shape index (κ3) is 1.51. The first kappa shape index (κ1) is 8.86. The molecule has 0 aliphatic carbocycles. The molecule has 1 aromatic heterocycles. The zero-order valence-corrected chi connectivity index (χ0v) is 8.61. The van der Waals surface area contributed by atoms with Gasteiger partial charge in [0.15, 0.2) is 0 Å². The Labute approximate surface area is 89.3 Å². The van der Waals surface area contributed by atoms with E-state index in [0.717, 1.165) is 6.54 Å². The smallest absolute Gasteiger partial charge is 0.0651 e. The van der Waals surface area contributed by atoms with E-state index in [9.17, 15) is 0 Å². The number of aromatic nitrogens is 1. The van der Waals surface area contributed by atoms with Gasteiger partial charge in [-0.3, -0.25) is 4.98 Å². The first-order valence-corrected chi connectivity index (χ1v) is 5.52. The van der Waals surface area contributed by atoms with Crippen molar-refractivity contribution in [1.29, 1.82) is 0 Å². The molecule has 1 aromatic carbocycles. The van der Waals surface area contributed by atoms with E-state index in [0.29, 0.717) is 6.04 Å². The first-order valence-electron chi connectivity index (χ1n) is 5.52. The van der Waals surface area contributed by atoms with Crippen LogP contribution in [0.2, 0.25) is 0 Å². The summed E-state index contributed by atoms with van der Waals surface area (Å²) >= 11 is 0. The highest BCUT2D eigenvalue weighted by Crippen LogP contribution is 2.27. The van der Waals surface area contributed by atoms with Gasteiger partial charge in [-0.2, -0.15) is 0 Å². The van der Waals surface area contributed by atoms with Crippen molar-refractivity contribution < 1.29 is 0 Å². The third-order valence-corrected chi connectivity index (χ3v) is 3.09. The summed E-state index contributed by atoms with van der Waals surface area (Å²) in [6.45, 7) is 1.12. The molecule has 0 unspecified atom stereocenters. The van der Waals surface area contributed by atoms with E-state index in [1.54, 1.807) is 0 Å². The van der Waals surface area contributed by atoms with Crippen LogP contribution in [0.3, 0.4) is 0 Å². The lowest BCUT2D eigenvalue weighted by atomic mass is 10.0. The Kier molecular flexibility index (Phi) is 2.14. The molecule has 3 rings (SSSR count). The van der Waals surface area contributed by atoms with Gasteiger partial charge in [-0.25, -0.2) is 0 Å². The van der Waals surface area contributed by atoms with E-state index >= 15 is 0 Å². The number of benzene rings is 1. The van der Waals surface area contributed by atoms with E-state index in [1.807, 2.05) is 6.20 Å². The van der Waals surface area contributed by atoms with E-state index < -0.39 is 0 Å². The van der Waals surface area contributed by atoms with Crippen LogP contribution in [-0.4, -0.2) is 11.5 Å². The zero-order chi connectivity index (χ0) is 10.1. The second-order valence-corrected chi connectivity index (χ2v) is 4.07. The van der Waals surface area contributed by atoms with Gasteiger partial charge >= 0.3 is 0 Å². The van der Waals surface area contributed by atoms with Crippen molar-refractivity contribution in [2.24, 2.45) is 0 Å². The van der Waals surface area contributed by atoms with Crippen LogP contribution in [0.25, 0.3) is 10.8 Å². The van der Waals surface area contributed by atoms with Crippen molar-refractivity contribution in [2.75, 3.05) is 6.54 Å². The molecule has 2 aromatic rings. The van der Waals surface area contributed by atoms with Gasteiger partial charge in [0.2, 0.25) is 0 Å². The standard InChI is InChI=1S/C13H14N2/c1-2-5-11-10(4-1)7-9-15-13(11)12-6-3-8-14-12/h1-2,4-5,7,9,12,14H,3,6,8H2/t12-/m1/s1. The molecule has 2 nitrogen and oxygen atoms in total. The Bertz CT molecular complexity index is 467. The Balaban J connectivity index is 2.16. The molecule has 0 bridgehead atoms. The molecule has 0 saturated carbocycles. The number of pyridine rings is 1. The SMILES string of the molecule is c1ccc2c([C@H]3CCCN3)nccc2c1. The molecule has 1 saturated heterocycles. The number of nitrogens with zero attached hydrogens (tertiary/aromatic N) is 1.